The molecule has 8 heteroatoms. The van der Waals surface area contributed by atoms with Gasteiger partial charge in [-0.05, 0) is 31.2 Å². The number of morpholine rings is 1. The van der Waals surface area contributed by atoms with Gasteiger partial charge in [0.15, 0.2) is 0 Å². The molecule has 0 unspecified atom stereocenters. The van der Waals surface area contributed by atoms with Crippen molar-refractivity contribution in [2.75, 3.05) is 37.6 Å². The van der Waals surface area contributed by atoms with Gasteiger partial charge in [0.2, 0.25) is 0 Å². The van der Waals surface area contributed by atoms with Gasteiger partial charge in [0.1, 0.15) is 6.07 Å². The van der Waals surface area contributed by atoms with Gasteiger partial charge in [-0.25, -0.2) is 0 Å². The van der Waals surface area contributed by atoms with Crippen LogP contribution in [0, 0.1) is 11.3 Å². The van der Waals surface area contributed by atoms with Gasteiger partial charge in [-0.1, -0.05) is 0 Å². The lowest BCUT2D eigenvalue weighted by molar-refractivity contribution is -0.0491. The van der Waals surface area contributed by atoms with E-state index in [-0.39, 0.29) is 12.2 Å². The van der Waals surface area contributed by atoms with Crippen molar-refractivity contribution in [3.63, 3.8) is 0 Å². The van der Waals surface area contributed by atoms with Crippen molar-refractivity contribution in [3.05, 3.63) is 53.5 Å². The molecule has 2 fully saturated rings. The minimum absolute atomic E-state index is 0.145. The zero-order valence-corrected chi connectivity index (χ0v) is 18.2. The molecule has 6 rings (SSSR count). The molecule has 0 spiro atoms. The number of nitrogens with one attached hydrogen (secondary N) is 1. The average Bonchev–Trinajstić information content (AvgIpc) is 3.39. The summed E-state index contributed by atoms with van der Waals surface area (Å²) in [5.74, 6) is 0. The third-order valence-corrected chi connectivity index (χ3v) is 6.87. The van der Waals surface area contributed by atoms with Gasteiger partial charge in [-0.15, -0.1) is 0 Å². The van der Waals surface area contributed by atoms with Gasteiger partial charge < -0.3 is 15.0 Å². The fourth-order valence-electron chi connectivity index (χ4n) is 5.40. The summed E-state index contributed by atoms with van der Waals surface area (Å²) in [6, 6.07) is 10.7. The van der Waals surface area contributed by atoms with Crippen molar-refractivity contribution in [1.29, 1.82) is 5.26 Å². The van der Waals surface area contributed by atoms with E-state index >= 15 is 0 Å². The molecule has 1 N–H and O–H groups in total. The Kier molecular flexibility index (Phi) is 4.83. The Balaban J connectivity index is 1.15. The molecule has 1 aromatic carbocycles. The number of likely N-dealkylation sites (tertiary alicyclic amines) is 1. The van der Waals surface area contributed by atoms with Crippen LogP contribution >= 0.6 is 0 Å². The molecule has 0 bridgehead atoms. The normalized spacial score (nSPS) is 23.8. The highest BCUT2D eigenvalue weighted by Gasteiger charge is 2.35. The summed E-state index contributed by atoms with van der Waals surface area (Å²) in [6.07, 6.45) is 4.06. The van der Waals surface area contributed by atoms with Crippen molar-refractivity contribution in [2.24, 2.45) is 0 Å². The number of hydrogen-bond acceptors (Lipinski definition) is 7. The number of hydrogen-bond donors (Lipinski definition) is 1. The average molecular weight is 430 g/mol. The van der Waals surface area contributed by atoms with Gasteiger partial charge >= 0.3 is 0 Å². The minimum Gasteiger partial charge on any atom is -0.370 e. The number of nitriles is 1. The number of pyridine rings is 1. The summed E-state index contributed by atoms with van der Waals surface area (Å²) in [6.45, 7) is 8.64. The summed E-state index contributed by atoms with van der Waals surface area (Å²) < 4.78 is 8.54. The van der Waals surface area contributed by atoms with Crippen molar-refractivity contribution < 1.29 is 4.74 Å². The van der Waals surface area contributed by atoms with Crippen LogP contribution in [0.25, 0.3) is 10.9 Å². The van der Waals surface area contributed by atoms with Crippen LogP contribution in [0.5, 0.6) is 0 Å². The van der Waals surface area contributed by atoms with E-state index < -0.39 is 0 Å². The second-order valence-electron chi connectivity index (χ2n) is 9.15. The number of nitrogens with zero attached hydrogens (tertiary/aromatic N) is 6. The lowest BCUT2D eigenvalue weighted by Crippen LogP contribution is -2.56. The summed E-state index contributed by atoms with van der Waals surface area (Å²) in [5.41, 5.74) is 5.22. The van der Waals surface area contributed by atoms with Crippen LogP contribution in [0.15, 0.2) is 36.7 Å². The Morgan fingerprint density at radius 2 is 2.09 bits per heavy atom. The molecule has 8 nitrogen and oxygen atoms in total. The first-order valence-corrected chi connectivity index (χ1v) is 11.4. The highest BCUT2D eigenvalue weighted by molar-refractivity contribution is 5.95. The molecule has 2 aromatic heterocycles. The molecule has 5 heterocycles. The van der Waals surface area contributed by atoms with E-state index in [1.807, 2.05) is 18.3 Å². The van der Waals surface area contributed by atoms with E-state index in [9.17, 15) is 5.26 Å². The lowest BCUT2D eigenvalue weighted by atomic mass is 10.0. The topological polar surface area (TPSA) is 82.2 Å². The van der Waals surface area contributed by atoms with Crippen LogP contribution in [0.1, 0.15) is 29.8 Å². The van der Waals surface area contributed by atoms with Crippen LogP contribution < -0.4 is 10.2 Å². The number of benzene rings is 1. The quantitative estimate of drug-likeness (QED) is 0.680. The largest absolute Gasteiger partial charge is 0.370 e. The molecule has 3 aromatic rings. The van der Waals surface area contributed by atoms with Gasteiger partial charge in [-0.2, -0.15) is 10.4 Å². The SMILES string of the molecule is C[C@@H]1CN(c2ccc(C#N)c3ncccc23)C[C@H](CN2CC(n3ncc4c3CNC4)C2)O1. The standard InChI is InChI=1S/C24H27N7O/c1-16-11-30(22-5-4-17(7-25)24-21(22)3-2-6-27-24)15-20(32-16)14-29-12-19(13-29)31-23-10-26-8-18(23)9-28-31/h2-6,9,16,19-20,26H,8,10-15H2,1H3/t16-,20+/m1/s1. The molecule has 32 heavy (non-hydrogen) atoms. The second kappa shape index (κ2) is 7.85. The summed E-state index contributed by atoms with van der Waals surface area (Å²) >= 11 is 0. The second-order valence-corrected chi connectivity index (χ2v) is 9.15. The van der Waals surface area contributed by atoms with Crippen LogP contribution in [-0.4, -0.2) is 64.6 Å². The van der Waals surface area contributed by atoms with E-state index in [1.54, 1.807) is 6.20 Å². The predicted molar refractivity (Wildman–Crippen MR) is 121 cm³/mol. The number of rotatable bonds is 4. The fourth-order valence-corrected chi connectivity index (χ4v) is 5.40. The maximum atomic E-state index is 9.46. The van der Waals surface area contributed by atoms with E-state index in [0.29, 0.717) is 11.6 Å². The molecular formula is C24H27N7O. The number of fused-ring (bicyclic) bond motifs is 2. The van der Waals surface area contributed by atoms with E-state index in [4.69, 9.17) is 4.74 Å². The van der Waals surface area contributed by atoms with Crippen LogP contribution in [-0.2, 0) is 17.8 Å². The molecule has 164 valence electrons. The zero-order valence-electron chi connectivity index (χ0n) is 18.2. The Morgan fingerprint density at radius 1 is 1.19 bits per heavy atom. The van der Waals surface area contributed by atoms with Gasteiger partial charge in [0, 0.05) is 68.6 Å². The number of ether oxygens (including phenoxy) is 1. The fraction of sp³-hybridized carbons (Fsp3) is 0.458. The van der Waals surface area contributed by atoms with Crippen LogP contribution in [0.2, 0.25) is 0 Å². The smallest absolute Gasteiger partial charge is 0.101 e. The van der Waals surface area contributed by atoms with Crippen molar-refractivity contribution >= 4 is 16.6 Å². The van der Waals surface area contributed by atoms with Crippen LogP contribution in [0.3, 0.4) is 0 Å². The Morgan fingerprint density at radius 3 is 2.97 bits per heavy atom. The Hall–Kier alpha value is -2.99. The molecular weight excluding hydrogens is 402 g/mol. The van der Waals surface area contributed by atoms with E-state index in [2.05, 4.69) is 55.0 Å². The molecule has 0 saturated carbocycles. The summed E-state index contributed by atoms with van der Waals surface area (Å²) in [7, 11) is 0. The van der Waals surface area contributed by atoms with Crippen molar-refractivity contribution in [2.45, 2.75) is 38.3 Å². The third-order valence-electron chi connectivity index (χ3n) is 6.87. The maximum Gasteiger partial charge on any atom is 0.101 e. The van der Waals surface area contributed by atoms with Crippen molar-refractivity contribution in [1.82, 2.24) is 25.0 Å². The molecule has 0 radical (unpaired) electrons. The first-order valence-electron chi connectivity index (χ1n) is 11.4. The minimum atomic E-state index is 0.145. The molecule has 2 atom stereocenters. The van der Waals surface area contributed by atoms with Gasteiger partial charge in [0.05, 0.1) is 41.2 Å². The Labute approximate surface area is 187 Å². The number of aromatic nitrogens is 3. The summed E-state index contributed by atoms with van der Waals surface area (Å²) in [4.78, 5) is 9.34. The highest BCUT2D eigenvalue weighted by Crippen LogP contribution is 2.31. The zero-order chi connectivity index (χ0) is 21.7. The number of anilines is 1. The molecule has 3 aliphatic heterocycles. The predicted octanol–water partition coefficient (Wildman–Crippen LogP) is 2.06. The first-order chi connectivity index (χ1) is 15.7. The van der Waals surface area contributed by atoms with Crippen LogP contribution in [0.4, 0.5) is 5.69 Å². The molecule has 0 amide bonds. The van der Waals surface area contributed by atoms with E-state index in [1.165, 1.54) is 11.3 Å². The highest BCUT2D eigenvalue weighted by atomic mass is 16.5. The molecule has 0 aliphatic carbocycles. The van der Waals surface area contributed by atoms with Gasteiger partial charge in [-0.3, -0.25) is 14.6 Å². The van der Waals surface area contributed by atoms with Crippen molar-refractivity contribution in [3.8, 4) is 6.07 Å². The van der Waals surface area contributed by atoms with E-state index in [0.717, 1.165) is 62.4 Å². The monoisotopic (exact) mass is 429 g/mol. The molecule has 3 aliphatic rings. The first kappa shape index (κ1) is 19.7. The van der Waals surface area contributed by atoms with Gasteiger partial charge in [0.25, 0.3) is 0 Å². The third kappa shape index (κ3) is 3.34. The Bertz CT molecular complexity index is 1190. The lowest BCUT2D eigenvalue weighted by Gasteiger charge is -2.45. The molecule has 2 saturated heterocycles. The maximum absolute atomic E-state index is 9.46. The summed E-state index contributed by atoms with van der Waals surface area (Å²) in [5, 5.41) is 18.5.